The summed E-state index contributed by atoms with van der Waals surface area (Å²) in [6.45, 7) is 0. The van der Waals surface area contributed by atoms with Gasteiger partial charge in [0.05, 0.1) is 11.5 Å². The molecule has 0 spiro atoms. The summed E-state index contributed by atoms with van der Waals surface area (Å²) in [6.07, 6.45) is 0.497. The first-order valence-electron chi connectivity index (χ1n) is 6.61. The van der Waals surface area contributed by atoms with Crippen LogP contribution in [0.3, 0.4) is 0 Å². The fraction of sp³-hybridized carbons (Fsp3) is 0.357. The molecular weight excluding hydrogens is 312 g/mol. The highest BCUT2D eigenvalue weighted by Gasteiger charge is 2.33. The Morgan fingerprint density at radius 1 is 1.38 bits per heavy atom. The Morgan fingerprint density at radius 2 is 2.14 bits per heavy atom. The van der Waals surface area contributed by atoms with Gasteiger partial charge in [-0.2, -0.15) is 0 Å². The molecule has 2 heterocycles. The third-order valence-corrected chi connectivity index (χ3v) is 5.88. The Labute approximate surface area is 127 Å². The van der Waals surface area contributed by atoms with Gasteiger partial charge in [-0.05, 0) is 30.7 Å². The number of nitrogens with one attached hydrogen (secondary N) is 1. The van der Waals surface area contributed by atoms with Crippen LogP contribution in [-0.4, -0.2) is 48.8 Å². The third kappa shape index (κ3) is 2.78. The Bertz CT molecular complexity index is 813. The van der Waals surface area contributed by atoms with Crippen molar-refractivity contribution in [3.8, 4) is 0 Å². The zero-order valence-corrected chi connectivity index (χ0v) is 13.0. The van der Waals surface area contributed by atoms with Crippen molar-refractivity contribution in [3.63, 3.8) is 0 Å². The van der Waals surface area contributed by atoms with Gasteiger partial charge in [0.2, 0.25) is 0 Å². The Kier molecular flexibility index (Phi) is 3.45. The summed E-state index contributed by atoms with van der Waals surface area (Å²) in [7, 11) is -1.36. The lowest BCUT2D eigenvalue weighted by molar-refractivity contribution is 0.0743. The van der Waals surface area contributed by atoms with Crippen molar-refractivity contribution < 1.29 is 13.2 Å². The lowest BCUT2D eigenvalue weighted by Crippen LogP contribution is -2.37. The molecule has 0 bridgehead atoms. The number of aromatic amines is 1. The molecule has 1 unspecified atom stereocenters. The van der Waals surface area contributed by atoms with E-state index in [0.29, 0.717) is 17.1 Å². The fourth-order valence-electron chi connectivity index (χ4n) is 2.66. The lowest BCUT2D eigenvalue weighted by Gasteiger charge is -2.22. The molecule has 5 nitrogen and oxygen atoms in total. The topological polar surface area (TPSA) is 70.2 Å². The van der Waals surface area contributed by atoms with Crippen molar-refractivity contribution in [1.82, 2.24) is 9.88 Å². The molecule has 7 heteroatoms. The highest BCUT2D eigenvalue weighted by atomic mass is 35.5. The molecule has 1 saturated heterocycles. The van der Waals surface area contributed by atoms with E-state index in [0.717, 1.165) is 10.9 Å². The molecule has 0 saturated carbocycles. The SMILES string of the molecule is CN(C(=O)c1cc2cc(Cl)ccc2[nH]1)C1CCS(=O)(=O)C1. The minimum Gasteiger partial charge on any atom is -0.351 e. The highest BCUT2D eigenvalue weighted by Crippen LogP contribution is 2.22. The zero-order valence-electron chi connectivity index (χ0n) is 11.5. The van der Waals surface area contributed by atoms with Crippen molar-refractivity contribution in [2.24, 2.45) is 0 Å². The van der Waals surface area contributed by atoms with Gasteiger partial charge >= 0.3 is 0 Å². The number of sulfone groups is 1. The maximum Gasteiger partial charge on any atom is 0.270 e. The molecule has 1 aliphatic rings. The molecular formula is C14H15ClN2O3S. The van der Waals surface area contributed by atoms with E-state index in [9.17, 15) is 13.2 Å². The average molecular weight is 327 g/mol. The largest absolute Gasteiger partial charge is 0.351 e. The minimum atomic E-state index is -3.01. The van der Waals surface area contributed by atoms with E-state index >= 15 is 0 Å². The van der Waals surface area contributed by atoms with Gasteiger partial charge < -0.3 is 9.88 Å². The monoisotopic (exact) mass is 326 g/mol. The number of amides is 1. The standard InChI is InChI=1S/C14H15ClN2O3S/c1-17(11-4-5-21(19,20)8-11)14(18)13-7-9-6-10(15)2-3-12(9)16-13/h2-3,6-7,11,16H,4-5,8H2,1H3. The van der Waals surface area contributed by atoms with E-state index in [4.69, 9.17) is 11.6 Å². The van der Waals surface area contributed by atoms with Crippen LogP contribution in [0.15, 0.2) is 24.3 Å². The summed E-state index contributed by atoms with van der Waals surface area (Å²) >= 11 is 5.93. The second-order valence-corrected chi connectivity index (χ2v) is 8.05. The molecule has 0 radical (unpaired) electrons. The first-order chi connectivity index (χ1) is 9.85. The first kappa shape index (κ1) is 14.4. The molecule has 1 aliphatic heterocycles. The number of rotatable bonds is 2. The Morgan fingerprint density at radius 3 is 2.81 bits per heavy atom. The van der Waals surface area contributed by atoms with E-state index in [-0.39, 0.29) is 23.5 Å². The number of carbonyl (C=O) groups is 1. The smallest absolute Gasteiger partial charge is 0.270 e. The molecule has 0 aliphatic carbocycles. The van der Waals surface area contributed by atoms with E-state index in [1.54, 1.807) is 25.2 Å². The molecule has 1 amide bonds. The van der Waals surface area contributed by atoms with Crippen LogP contribution in [-0.2, 0) is 9.84 Å². The number of fused-ring (bicyclic) bond motifs is 1. The first-order valence-corrected chi connectivity index (χ1v) is 8.81. The second-order valence-electron chi connectivity index (χ2n) is 5.39. The van der Waals surface area contributed by atoms with Gasteiger partial charge in [-0.1, -0.05) is 11.6 Å². The number of hydrogen-bond acceptors (Lipinski definition) is 3. The van der Waals surface area contributed by atoms with Gasteiger partial charge in [0.25, 0.3) is 5.91 Å². The van der Waals surface area contributed by atoms with Crippen molar-refractivity contribution in [2.75, 3.05) is 18.6 Å². The number of halogens is 1. The van der Waals surface area contributed by atoms with Gasteiger partial charge in [-0.3, -0.25) is 4.79 Å². The zero-order chi connectivity index (χ0) is 15.2. The quantitative estimate of drug-likeness (QED) is 0.918. The van der Waals surface area contributed by atoms with E-state index in [1.165, 1.54) is 4.90 Å². The number of aromatic nitrogens is 1. The average Bonchev–Trinajstić information content (AvgIpc) is 2.99. The third-order valence-electron chi connectivity index (χ3n) is 3.89. The molecule has 3 rings (SSSR count). The molecule has 21 heavy (non-hydrogen) atoms. The predicted octanol–water partition coefficient (Wildman–Crippen LogP) is 2.08. The Balaban J connectivity index is 1.86. The molecule has 1 atom stereocenters. The van der Waals surface area contributed by atoms with Gasteiger partial charge in [0.1, 0.15) is 5.69 Å². The van der Waals surface area contributed by atoms with Crippen molar-refractivity contribution in [1.29, 1.82) is 0 Å². The second kappa shape index (κ2) is 5.03. The summed E-state index contributed by atoms with van der Waals surface area (Å²) in [5, 5.41) is 1.47. The van der Waals surface area contributed by atoms with Crippen LogP contribution in [0.25, 0.3) is 10.9 Å². The number of carbonyl (C=O) groups excluding carboxylic acids is 1. The number of benzene rings is 1. The molecule has 1 aromatic carbocycles. The van der Waals surface area contributed by atoms with Gasteiger partial charge in [0.15, 0.2) is 9.84 Å². The van der Waals surface area contributed by atoms with E-state index in [2.05, 4.69) is 4.98 Å². The summed E-state index contributed by atoms with van der Waals surface area (Å²) in [5.41, 5.74) is 1.27. The lowest BCUT2D eigenvalue weighted by atomic mass is 10.2. The van der Waals surface area contributed by atoms with Gasteiger partial charge in [0, 0.05) is 29.0 Å². The fourth-order valence-corrected chi connectivity index (χ4v) is 4.61. The van der Waals surface area contributed by atoms with Gasteiger partial charge in [-0.25, -0.2) is 8.42 Å². The maximum atomic E-state index is 12.5. The van der Waals surface area contributed by atoms with Crippen molar-refractivity contribution in [3.05, 3.63) is 35.0 Å². The molecule has 112 valence electrons. The normalized spacial score (nSPS) is 20.8. The summed E-state index contributed by atoms with van der Waals surface area (Å²) < 4.78 is 23.0. The molecule has 1 N–H and O–H groups in total. The van der Waals surface area contributed by atoms with Crippen LogP contribution in [0.1, 0.15) is 16.9 Å². The predicted molar refractivity (Wildman–Crippen MR) is 82.5 cm³/mol. The van der Waals surface area contributed by atoms with Crippen LogP contribution in [0.2, 0.25) is 5.02 Å². The van der Waals surface area contributed by atoms with Crippen LogP contribution >= 0.6 is 11.6 Å². The molecule has 1 aromatic heterocycles. The van der Waals surface area contributed by atoms with Crippen LogP contribution in [0.5, 0.6) is 0 Å². The maximum absolute atomic E-state index is 12.5. The molecule has 1 fully saturated rings. The van der Waals surface area contributed by atoms with E-state index < -0.39 is 9.84 Å². The number of hydrogen-bond donors (Lipinski definition) is 1. The van der Waals surface area contributed by atoms with Crippen LogP contribution in [0.4, 0.5) is 0 Å². The number of H-pyrrole nitrogens is 1. The highest BCUT2D eigenvalue weighted by molar-refractivity contribution is 7.91. The number of nitrogens with zero attached hydrogens (tertiary/aromatic N) is 1. The van der Waals surface area contributed by atoms with Crippen molar-refractivity contribution >= 4 is 38.2 Å². The Hall–Kier alpha value is -1.53. The van der Waals surface area contributed by atoms with E-state index in [1.807, 2.05) is 6.07 Å². The minimum absolute atomic E-state index is 0.0430. The van der Waals surface area contributed by atoms with Gasteiger partial charge in [-0.15, -0.1) is 0 Å². The van der Waals surface area contributed by atoms with Crippen LogP contribution in [0, 0.1) is 0 Å². The summed E-state index contributed by atoms with van der Waals surface area (Å²) in [4.78, 5) is 17.0. The van der Waals surface area contributed by atoms with Crippen LogP contribution < -0.4 is 0 Å². The summed E-state index contributed by atoms with van der Waals surface area (Å²) in [6, 6.07) is 6.84. The van der Waals surface area contributed by atoms with Crippen molar-refractivity contribution in [2.45, 2.75) is 12.5 Å². The molecule has 2 aromatic rings. The summed E-state index contributed by atoms with van der Waals surface area (Å²) in [5.74, 6) is -0.0109.